The first kappa shape index (κ1) is 23.3. The monoisotopic (exact) mass is 513 g/mol. The number of benzene rings is 2. The molecule has 2 aromatic carbocycles. The molecular weight excluding hydrogens is 486 g/mol. The number of halogens is 1. The van der Waals surface area contributed by atoms with Gasteiger partial charge in [0.1, 0.15) is 12.3 Å². The number of aliphatic carboxylic acids is 1. The number of rotatable bonds is 7. The van der Waals surface area contributed by atoms with Gasteiger partial charge >= 0.3 is 5.97 Å². The molecule has 0 spiro atoms. The molecule has 1 fully saturated rings. The first-order chi connectivity index (χ1) is 15.8. The highest BCUT2D eigenvalue weighted by molar-refractivity contribution is 9.10. The summed E-state index contributed by atoms with van der Waals surface area (Å²) in [4.78, 5) is 28.4. The quantitative estimate of drug-likeness (QED) is 0.511. The standard InChI is InChI=1S/C25H28BrN3O4/c1-17(2)33-21-6-3-18(4-7-21)25(32)28-11-9-27(10-12-28)14-19-15-29(16-24(30)31)23-13-20(26)5-8-22(19)23/h3-8,13,15,17H,9-12,14,16H2,1-2H3,(H,30,31). The van der Waals surface area contributed by atoms with E-state index in [0.717, 1.165) is 39.8 Å². The molecule has 1 aliphatic heterocycles. The second kappa shape index (κ2) is 9.97. The second-order valence-corrected chi connectivity index (χ2v) is 9.51. The molecule has 33 heavy (non-hydrogen) atoms. The molecule has 174 valence electrons. The Hall–Kier alpha value is -2.84. The molecule has 1 aromatic heterocycles. The zero-order valence-electron chi connectivity index (χ0n) is 18.8. The van der Waals surface area contributed by atoms with E-state index >= 15 is 0 Å². The van der Waals surface area contributed by atoms with E-state index in [1.807, 2.05) is 67.4 Å². The number of amides is 1. The van der Waals surface area contributed by atoms with E-state index in [9.17, 15) is 14.7 Å². The summed E-state index contributed by atoms with van der Waals surface area (Å²) >= 11 is 3.48. The molecule has 8 heteroatoms. The third-order valence-corrected chi connectivity index (χ3v) is 6.25. The molecule has 1 amide bonds. The van der Waals surface area contributed by atoms with Crippen LogP contribution in [-0.2, 0) is 17.9 Å². The van der Waals surface area contributed by atoms with Gasteiger partial charge in [0.05, 0.1) is 6.10 Å². The molecule has 4 rings (SSSR count). The lowest BCUT2D eigenvalue weighted by molar-refractivity contribution is -0.137. The fourth-order valence-corrected chi connectivity index (χ4v) is 4.57. The number of nitrogens with zero attached hydrogens (tertiary/aromatic N) is 3. The summed E-state index contributed by atoms with van der Waals surface area (Å²) in [5, 5.41) is 10.3. The Labute approximate surface area is 201 Å². The summed E-state index contributed by atoms with van der Waals surface area (Å²) < 4.78 is 8.36. The van der Waals surface area contributed by atoms with Gasteiger partial charge in [-0.3, -0.25) is 14.5 Å². The number of carboxylic acids is 1. The molecule has 7 nitrogen and oxygen atoms in total. The Morgan fingerprint density at radius 3 is 2.39 bits per heavy atom. The molecule has 0 aliphatic carbocycles. The number of fused-ring (bicyclic) bond motifs is 1. The van der Waals surface area contributed by atoms with Crippen LogP contribution in [-0.4, -0.2) is 63.6 Å². The maximum absolute atomic E-state index is 12.9. The largest absolute Gasteiger partial charge is 0.491 e. The third kappa shape index (κ3) is 5.57. The van der Waals surface area contributed by atoms with Gasteiger partial charge in [-0.2, -0.15) is 0 Å². The highest BCUT2D eigenvalue weighted by Crippen LogP contribution is 2.27. The average Bonchev–Trinajstić information content (AvgIpc) is 3.09. The molecule has 0 saturated carbocycles. The van der Waals surface area contributed by atoms with Gasteiger partial charge in [0.25, 0.3) is 5.91 Å². The summed E-state index contributed by atoms with van der Waals surface area (Å²) in [5.74, 6) is -0.0662. The summed E-state index contributed by atoms with van der Waals surface area (Å²) in [6, 6.07) is 13.3. The van der Waals surface area contributed by atoms with Gasteiger partial charge in [-0.05, 0) is 55.8 Å². The number of carbonyl (C=O) groups is 2. The molecule has 0 bridgehead atoms. The number of piperazine rings is 1. The highest BCUT2D eigenvalue weighted by atomic mass is 79.9. The lowest BCUT2D eigenvalue weighted by Gasteiger charge is -2.34. The summed E-state index contributed by atoms with van der Waals surface area (Å²) in [7, 11) is 0. The molecule has 1 N–H and O–H groups in total. The van der Waals surface area contributed by atoms with Crippen LogP contribution in [0.4, 0.5) is 0 Å². The van der Waals surface area contributed by atoms with Crippen molar-refractivity contribution in [2.45, 2.75) is 33.0 Å². The van der Waals surface area contributed by atoms with E-state index in [4.69, 9.17) is 4.74 Å². The second-order valence-electron chi connectivity index (χ2n) is 8.60. The van der Waals surface area contributed by atoms with Gasteiger partial charge in [0, 0.05) is 59.9 Å². The van der Waals surface area contributed by atoms with Crippen LogP contribution in [0.5, 0.6) is 5.75 Å². The van der Waals surface area contributed by atoms with E-state index in [1.165, 1.54) is 0 Å². The number of carbonyl (C=O) groups excluding carboxylic acids is 1. The Balaban J connectivity index is 1.40. The van der Waals surface area contributed by atoms with E-state index < -0.39 is 5.97 Å². The van der Waals surface area contributed by atoms with E-state index in [0.29, 0.717) is 25.2 Å². The lowest BCUT2D eigenvalue weighted by Crippen LogP contribution is -2.48. The fourth-order valence-electron chi connectivity index (χ4n) is 4.22. The maximum Gasteiger partial charge on any atom is 0.323 e. The lowest BCUT2D eigenvalue weighted by atomic mass is 10.1. The topological polar surface area (TPSA) is 75.0 Å². The molecule has 2 heterocycles. The Kier molecular flexibility index (Phi) is 7.05. The average molecular weight is 514 g/mol. The normalized spacial score (nSPS) is 14.7. The van der Waals surface area contributed by atoms with Crippen molar-refractivity contribution in [1.82, 2.24) is 14.4 Å². The van der Waals surface area contributed by atoms with E-state index in [1.54, 1.807) is 4.57 Å². The van der Waals surface area contributed by atoms with Crippen LogP contribution in [0.15, 0.2) is 53.1 Å². The minimum Gasteiger partial charge on any atom is -0.491 e. The van der Waals surface area contributed by atoms with Gasteiger partial charge in [-0.15, -0.1) is 0 Å². The molecule has 0 atom stereocenters. The van der Waals surface area contributed by atoms with Gasteiger partial charge < -0.3 is 19.3 Å². The molecule has 3 aromatic rings. The number of carboxylic acid groups (broad SMARTS) is 1. The summed E-state index contributed by atoms with van der Waals surface area (Å²) in [6.45, 7) is 7.43. The summed E-state index contributed by atoms with van der Waals surface area (Å²) in [5.41, 5.74) is 2.67. The first-order valence-electron chi connectivity index (χ1n) is 11.1. The van der Waals surface area contributed by atoms with Crippen molar-refractivity contribution in [3.8, 4) is 5.75 Å². The van der Waals surface area contributed by atoms with Crippen molar-refractivity contribution < 1.29 is 19.4 Å². The Morgan fingerprint density at radius 1 is 1.06 bits per heavy atom. The van der Waals surface area contributed by atoms with Crippen LogP contribution >= 0.6 is 15.9 Å². The number of hydrogen-bond acceptors (Lipinski definition) is 4. The van der Waals surface area contributed by atoms with Crippen molar-refractivity contribution in [2.24, 2.45) is 0 Å². The van der Waals surface area contributed by atoms with Crippen LogP contribution in [0.3, 0.4) is 0 Å². The maximum atomic E-state index is 12.9. The Morgan fingerprint density at radius 2 is 1.76 bits per heavy atom. The molecule has 1 aliphatic rings. The molecular formula is C25H28BrN3O4. The van der Waals surface area contributed by atoms with E-state index in [-0.39, 0.29) is 18.6 Å². The van der Waals surface area contributed by atoms with Crippen LogP contribution in [0, 0.1) is 0 Å². The van der Waals surface area contributed by atoms with Gasteiger partial charge in [-0.1, -0.05) is 22.0 Å². The van der Waals surface area contributed by atoms with Gasteiger partial charge in [0.2, 0.25) is 0 Å². The zero-order valence-corrected chi connectivity index (χ0v) is 20.4. The Bertz CT molecular complexity index is 1150. The zero-order chi connectivity index (χ0) is 23.5. The number of hydrogen-bond donors (Lipinski definition) is 1. The molecule has 0 radical (unpaired) electrons. The molecule has 1 saturated heterocycles. The minimum atomic E-state index is -0.866. The van der Waals surface area contributed by atoms with Crippen molar-refractivity contribution in [3.63, 3.8) is 0 Å². The van der Waals surface area contributed by atoms with E-state index in [2.05, 4.69) is 20.8 Å². The predicted octanol–water partition coefficient (Wildman–Crippen LogP) is 4.23. The highest BCUT2D eigenvalue weighted by Gasteiger charge is 2.23. The van der Waals surface area contributed by atoms with Crippen LogP contribution in [0.2, 0.25) is 0 Å². The van der Waals surface area contributed by atoms with Crippen molar-refractivity contribution in [3.05, 3.63) is 64.3 Å². The first-order valence-corrected chi connectivity index (χ1v) is 11.9. The minimum absolute atomic E-state index is 0.0358. The van der Waals surface area contributed by atoms with Crippen molar-refractivity contribution >= 4 is 38.7 Å². The summed E-state index contributed by atoms with van der Waals surface area (Å²) in [6.07, 6.45) is 2.03. The smallest absolute Gasteiger partial charge is 0.323 e. The number of aromatic nitrogens is 1. The van der Waals surface area contributed by atoms with Crippen LogP contribution in [0.25, 0.3) is 10.9 Å². The van der Waals surface area contributed by atoms with Crippen molar-refractivity contribution in [1.29, 1.82) is 0 Å². The fraction of sp³-hybridized carbons (Fsp3) is 0.360. The number of ether oxygens (including phenoxy) is 1. The van der Waals surface area contributed by atoms with Crippen molar-refractivity contribution in [2.75, 3.05) is 26.2 Å². The molecule has 0 unspecified atom stereocenters. The third-order valence-electron chi connectivity index (χ3n) is 5.76. The van der Waals surface area contributed by atoms with Gasteiger partial charge in [-0.25, -0.2) is 0 Å². The van der Waals surface area contributed by atoms with Crippen LogP contribution in [0.1, 0.15) is 29.8 Å². The van der Waals surface area contributed by atoms with Gasteiger partial charge in [0.15, 0.2) is 0 Å². The SMILES string of the molecule is CC(C)Oc1ccc(C(=O)N2CCN(Cc3cn(CC(=O)O)c4cc(Br)ccc34)CC2)cc1. The van der Waals surface area contributed by atoms with Crippen LogP contribution < -0.4 is 4.74 Å². The predicted molar refractivity (Wildman–Crippen MR) is 131 cm³/mol.